The Hall–Kier alpha value is -3.30. The number of hydrogen-bond acceptors (Lipinski definition) is 7. The zero-order chi connectivity index (χ0) is 20.8. The van der Waals surface area contributed by atoms with Gasteiger partial charge in [0.05, 0.1) is 30.3 Å². The molecule has 2 rings (SSSR count). The molecule has 1 atom stereocenters. The zero-order valence-electron chi connectivity index (χ0n) is 15.9. The summed E-state index contributed by atoms with van der Waals surface area (Å²) in [5.74, 6) is -1.40. The summed E-state index contributed by atoms with van der Waals surface area (Å²) in [5.41, 5.74) is 0.180. The van der Waals surface area contributed by atoms with Crippen molar-refractivity contribution in [1.29, 1.82) is 0 Å². The van der Waals surface area contributed by atoms with Gasteiger partial charge in [-0.25, -0.2) is 9.59 Å². The molecule has 0 radical (unpaired) electrons. The molecular formula is C18H23N3O7. The van der Waals surface area contributed by atoms with E-state index in [0.29, 0.717) is 12.1 Å². The number of amides is 2. The molecule has 0 spiro atoms. The number of phenols is 1. The normalized spacial score (nSPS) is 16.2. The average molecular weight is 393 g/mol. The van der Waals surface area contributed by atoms with Crippen LogP contribution in [0.25, 0.3) is 0 Å². The number of methoxy groups -OCH3 is 1. The third-order valence-electron chi connectivity index (χ3n) is 4.25. The van der Waals surface area contributed by atoms with Crippen molar-refractivity contribution < 1.29 is 29.1 Å². The van der Waals surface area contributed by atoms with Crippen molar-refractivity contribution >= 4 is 17.7 Å². The molecule has 0 saturated heterocycles. The maximum Gasteiger partial charge on any atom is 0.337 e. The number of phenolic OH excluding ortho intramolecular Hbond substituents is 1. The number of rotatable bonds is 8. The fourth-order valence-corrected chi connectivity index (χ4v) is 2.95. The molecule has 28 heavy (non-hydrogen) atoms. The maximum atomic E-state index is 12.4. The van der Waals surface area contributed by atoms with Gasteiger partial charge in [-0.3, -0.25) is 10.1 Å². The quantitative estimate of drug-likeness (QED) is 0.350. The molecule has 0 aromatic heterocycles. The lowest BCUT2D eigenvalue weighted by molar-refractivity contribution is -0.386. The second-order valence-corrected chi connectivity index (χ2v) is 6.10. The number of nitro groups is 1. The van der Waals surface area contributed by atoms with Crippen LogP contribution in [0.1, 0.15) is 44.7 Å². The van der Waals surface area contributed by atoms with Gasteiger partial charge in [-0.15, -0.1) is 0 Å². The van der Waals surface area contributed by atoms with E-state index < -0.39 is 34.4 Å². The Labute approximate surface area is 161 Å². The molecule has 2 amide bonds. The van der Waals surface area contributed by atoms with Crippen molar-refractivity contribution in [3.8, 4) is 11.5 Å². The largest absolute Gasteiger partial charge is 0.500 e. The second-order valence-electron chi connectivity index (χ2n) is 6.10. The van der Waals surface area contributed by atoms with Crippen molar-refractivity contribution in [2.24, 2.45) is 0 Å². The molecule has 0 aliphatic carbocycles. The van der Waals surface area contributed by atoms with Crippen molar-refractivity contribution in [2.45, 2.75) is 39.2 Å². The van der Waals surface area contributed by atoms with Crippen LogP contribution in [0, 0.1) is 10.1 Å². The first kappa shape index (κ1) is 21.0. The van der Waals surface area contributed by atoms with Crippen molar-refractivity contribution in [2.75, 3.05) is 13.7 Å². The summed E-state index contributed by atoms with van der Waals surface area (Å²) in [6.45, 7) is 3.79. The number of carbonyl (C=O) groups excluding carboxylic acids is 2. The number of aromatic hydroxyl groups is 1. The molecule has 1 aliphatic heterocycles. The van der Waals surface area contributed by atoms with E-state index in [1.54, 1.807) is 6.92 Å². The second kappa shape index (κ2) is 9.07. The average Bonchev–Trinajstić information content (AvgIpc) is 2.66. The molecule has 1 aromatic rings. The molecule has 3 N–H and O–H groups in total. The number of nitro benzene ring substituents is 1. The standard InChI is InChI=1S/C18H23N3O7/c1-4-6-7-11-14(17(23)27-3)15(20-18(24)19-11)10-8-12(21(25)26)16(22)13(9-10)28-5-2/h8-9,15,22H,4-7H2,1-3H3,(H2,19,20,24). The maximum absolute atomic E-state index is 12.4. The van der Waals surface area contributed by atoms with Gasteiger partial charge in [0.25, 0.3) is 0 Å². The Morgan fingerprint density at radius 1 is 1.36 bits per heavy atom. The molecule has 0 bridgehead atoms. The highest BCUT2D eigenvalue weighted by molar-refractivity contribution is 5.95. The lowest BCUT2D eigenvalue weighted by Crippen LogP contribution is -2.45. The first-order valence-electron chi connectivity index (χ1n) is 8.86. The van der Waals surface area contributed by atoms with Gasteiger partial charge in [-0.1, -0.05) is 13.3 Å². The molecule has 1 aliphatic rings. The van der Waals surface area contributed by atoms with E-state index in [0.717, 1.165) is 18.9 Å². The van der Waals surface area contributed by atoms with Crippen LogP contribution in [0.3, 0.4) is 0 Å². The lowest BCUT2D eigenvalue weighted by atomic mass is 9.93. The number of hydrogen-bond donors (Lipinski definition) is 3. The molecule has 10 nitrogen and oxygen atoms in total. The highest BCUT2D eigenvalue weighted by atomic mass is 16.6. The van der Waals surface area contributed by atoms with Crippen LogP contribution in [-0.2, 0) is 9.53 Å². The monoisotopic (exact) mass is 393 g/mol. The van der Waals surface area contributed by atoms with E-state index in [1.807, 2.05) is 6.92 Å². The molecular weight excluding hydrogens is 370 g/mol. The number of allylic oxidation sites excluding steroid dienone is 1. The predicted molar refractivity (Wildman–Crippen MR) is 98.9 cm³/mol. The Morgan fingerprint density at radius 3 is 2.64 bits per heavy atom. The van der Waals surface area contributed by atoms with Crippen LogP contribution in [0.5, 0.6) is 11.5 Å². The van der Waals surface area contributed by atoms with Gasteiger partial charge in [0.15, 0.2) is 5.75 Å². The summed E-state index contributed by atoms with van der Waals surface area (Å²) in [7, 11) is 1.21. The Kier molecular flexibility index (Phi) is 6.80. The number of urea groups is 1. The van der Waals surface area contributed by atoms with Crippen LogP contribution in [-0.4, -0.2) is 35.7 Å². The van der Waals surface area contributed by atoms with E-state index in [-0.39, 0.29) is 23.5 Å². The fourth-order valence-electron chi connectivity index (χ4n) is 2.95. The molecule has 0 saturated carbocycles. The van der Waals surface area contributed by atoms with E-state index in [1.165, 1.54) is 13.2 Å². The summed E-state index contributed by atoms with van der Waals surface area (Å²) in [4.78, 5) is 35.2. The number of nitrogens with zero attached hydrogens (tertiary/aromatic N) is 1. The SMILES string of the molecule is CCCCC1=C(C(=O)OC)C(c2cc(OCC)c(O)c([N+](=O)[O-])c2)NC(=O)N1. The minimum absolute atomic E-state index is 0.112. The van der Waals surface area contributed by atoms with Crippen LogP contribution in [0.15, 0.2) is 23.4 Å². The number of ether oxygens (including phenoxy) is 2. The number of nitrogens with one attached hydrogen (secondary N) is 2. The molecule has 1 heterocycles. The van der Waals surface area contributed by atoms with Gasteiger partial charge in [-0.05, 0) is 31.4 Å². The first-order chi connectivity index (χ1) is 13.3. The Balaban J connectivity index is 2.66. The molecule has 152 valence electrons. The highest BCUT2D eigenvalue weighted by Gasteiger charge is 2.35. The van der Waals surface area contributed by atoms with Gasteiger partial charge in [0.2, 0.25) is 5.75 Å². The molecule has 10 heteroatoms. The fraction of sp³-hybridized carbons (Fsp3) is 0.444. The third-order valence-corrected chi connectivity index (χ3v) is 4.25. The van der Waals surface area contributed by atoms with Gasteiger partial charge in [-0.2, -0.15) is 0 Å². The summed E-state index contributed by atoms with van der Waals surface area (Å²) < 4.78 is 10.1. The van der Waals surface area contributed by atoms with Crippen molar-refractivity contribution in [1.82, 2.24) is 10.6 Å². The summed E-state index contributed by atoms with van der Waals surface area (Å²) in [6, 6.07) is 0.931. The van der Waals surface area contributed by atoms with Crippen LogP contribution < -0.4 is 15.4 Å². The first-order valence-corrected chi connectivity index (χ1v) is 8.86. The third kappa shape index (κ3) is 4.33. The summed E-state index contributed by atoms with van der Waals surface area (Å²) in [6.07, 6.45) is 2.00. The van der Waals surface area contributed by atoms with Gasteiger partial charge in [0, 0.05) is 11.8 Å². The zero-order valence-corrected chi connectivity index (χ0v) is 15.9. The number of carbonyl (C=O) groups is 2. The van der Waals surface area contributed by atoms with Crippen LogP contribution in [0.4, 0.5) is 10.5 Å². The van der Waals surface area contributed by atoms with Crippen molar-refractivity contribution in [3.05, 3.63) is 39.1 Å². The van der Waals surface area contributed by atoms with E-state index in [9.17, 15) is 24.8 Å². The topological polar surface area (TPSA) is 140 Å². The van der Waals surface area contributed by atoms with Gasteiger partial charge in [0.1, 0.15) is 0 Å². The Bertz CT molecular complexity index is 820. The molecule has 1 unspecified atom stereocenters. The van der Waals surface area contributed by atoms with E-state index >= 15 is 0 Å². The molecule has 1 aromatic carbocycles. The minimum atomic E-state index is -0.994. The van der Waals surface area contributed by atoms with E-state index in [4.69, 9.17) is 9.47 Å². The number of esters is 1. The van der Waals surface area contributed by atoms with Crippen LogP contribution >= 0.6 is 0 Å². The number of benzene rings is 1. The molecule has 0 fully saturated rings. The van der Waals surface area contributed by atoms with Gasteiger partial charge >= 0.3 is 17.7 Å². The number of unbranched alkanes of at least 4 members (excludes halogenated alkanes) is 1. The van der Waals surface area contributed by atoms with Gasteiger partial charge < -0.3 is 25.2 Å². The van der Waals surface area contributed by atoms with E-state index in [2.05, 4.69) is 10.6 Å². The predicted octanol–water partition coefficient (Wildman–Crippen LogP) is 2.67. The lowest BCUT2D eigenvalue weighted by Gasteiger charge is -2.29. The van der Waals surface area contributed by atoms with Crippen LogP contribution in [0.2, 0.25) is 0 Å². The smallest absolute Gasteiger partial charge is 0.337 e. The summed E-state index contributed by atoms with van der Waals surface area (Å²) in [5, 5.41) is 26.6. The van der Waals surface area contributed by atoms with Crippen molar-refractivity contribution in [3.63, 3.8) is 0 Å². The highest BCUT2D eigenvalue weighted by Crippen LogP contribution is 2.41. The minimum Gasteiger partial charge on any atom is -0.500 e. The summed E-state index contributed by atoms with van der Waals surface area (Å²) >= 11 is 0. The Morgan fingerprint density at radius 2 is 2.07 bits per heavy atom.